The van der Waals surface area contributed by atoms with Crippen LogP contribution in [-0.2, 0) is 0 Å². The number of aromatic nitrogens is 2. The molecule has 11 rings (SSSR count). The van der Waals surface area contributed by atoms with Gasteiger partial charge < -0.3 is 4.42 Å². The predicted molar refractivity (Wildman–Crippen MR) is 217 cm³/mol. The molecule has 11 aromatic rings. The third-order valence-corrected chi connectivity index (χ3v) is 12.4. The van der Waals surface area contributed by atoms with Crippen molar-refractivity contribution in [3.63, 3.8) is 0 Å². The highest BCUT2D eigenvalue weighted by molar-refractivity contribution is 7.26. The zero-order chi connectivity index (χ0) is 33.5. The van der Waals surface area contributed by atoms with Crippen molar-refractivity contribution in [2.24, 2.45) is 0 Å². The average molecular weight is 687 g/mol. The Morgan fingerprint density at radius 1 is 0.431 bits per heavy atom. The molecule has 0 N–H and O–H groups in total. The third kappa shape index (κ3) is 4.56. The number of hydrogen-bond acceptors (Lipinski definition) is 5. The van der Waals surface area contributed by atoms with E-state index in [-0.39, 0.29) is 0 Å². The molecule has 0 fully saturated rings. The van der Waals surface area contributed by atoms with Crippen molar-refractivity contribution in [2.45, 2.75) is 0 Å². The molecule has 0 unspecified atom stereocenters. The first-order valence-electron chi connectivity index (χ1n) is 17.0. The minimum atomic E-state index is 0.543. The van der Waals surface area contributed by atoms with Gasteiger partial charge in [-0.25, -0.2) is 9.97 Å². The summed E-state index contributed by atoms with van der Waals surface area (Å²) in [7, 11) is 0. The second kappa shape index (κ2) is 11.2. The molecule has 0 aliphatic heterocycles. The van der Waals surface area contributed by atoms with E-state index in [0.717, 1.165) is 44.4 Å². The Morgan fingerprint density at radius 3 is 1.67 bits per heavy atom. The molecule has 0 amide bonds. The van der Waals surface area contributed by atoms with E-state index in [0.29, 0.717) is 5.71 Å². The Hall–Kier alpha value is -6.14. The number of furan rings is 1. The zero-order valence-corrected chi connectivity index (χ0v) is 28.8. The van der Waals surface area contributed by atoms with Crippen molar-refractivity contribution in [3.8, 4) is 44.6 Å². The molecular formula is C46H26N2OS2. The van der Waals surface area contributed by atoms with Crippen molar-refractivity contribution >= 4 is 85.2 Å². The first-order chi connectivity index (χ1) is 25.2. The van der Waals surface area contributed by atoms with Gasteiger partial charge in [-0.3, -0.25) is 0 Å². The van der Waals surface area contributed by atoms with Crippen LogP contribution in [0.5, 0.6) is 0 Å². The van der Waals surface area contributed by atoms with Gasteiger partial charge in [-0.2, -0.15) is 0 Å². The van der Waals surface area contributed by atoms with Crippen LogP contribution in [0, 0.1) is 0 Å². The van der Waals surface area contributed by atoms with Gasteiger partial charge >= 0.3 is 0 Å². The smallest absolute Gasteiger partial charge is 0.246 e. The standard InChI is InChI=1S/C46H26N2OS2/c1-3-19-41-34(13-1)36-17-7-15-32(44(36)50-41)29-10-5-9-27(23-29)28-21-22-38-40(25-28)49-46-43(38)47-26-39(48-46)31-12-6-11-30(24-31)33-16-8-18-37-35-14-2-4-20-42(35)51-45(33)37/h1-26H. The minimum absolute atomic E-state index is 0.543. The maximum atomic E-state index is 6.42. The van der Waals surface area contributed by atoms with Gasteiger partial charge in [-0.1, -0.05) is 115 Å². The summed E-state index contributed by atoms with van der Waals surface area (Å²) in [6, 6.07) is 54.3. The molecule has 0 aliphatic carbocycles. The van der Waals surface area contributed by atoms with Gasteiger partial charge in [0.15, 0.2) is 0 Å². The van der Waals surface area contributed by atoms with Gasteiger partial charge in [0.1, 0.15) is 11.1 Å². The first-order valence-corrected chi connectivity index (χ1v) is 18.6. The Labute approximate surface area is 300 Å². The van der Waals surface area contributed by atoms with E-state index in [4.69, 9.17) is 14.4 Å². The Balaban J connectivity index is 0.960. The molecule has 0 atom stereocenters. The van der Waals surface area contributed by atoms with Gasteiger partial charge in [-0.15, -0.1) is 22.7 Å². The first kappa shape index (κ1) is 28.7. The molecule has 7 aromatic carbocycles. The van der Waals surface area contributed by atoms with Crippen LogP contribution in [0.1, 0.15) is 0 Å². The maximum Gasteiger partial charge on any atom is 0.246 e. The zero-order valence-electron chi connectivity index (χ0n) is 27.1. The lowest BCUT2D eigenvalue weighted by Crippen LogP contribution is -1.87. The number of benzene rings is 7. The van der Waals surface area contributed by atoms with Crippen molar-refractivity contribution in [1.82, 2.24) is 9.97 Å². The number of hydrogen-bond donors (Lipinski definition) is 0. The van der Waals surface area contributed by atoms with E-state index >= 15 is 0 Å². The number of nitrogens with zero attached hydrogens (tertiary/aromatic N) is 2. The van der Waals surface area contributed by atoms with Crippen LogP contribution in [0.2, 0.25) is 0 Å². The highest BCUT2D eigenvalue weighted by Gasteiger charge is 2.16. The molecule has 0 bridgehead atoms. The Kier molecular flexibility index (Phi) is 6.29. The summed E-state index contributed by atoms with van der Waals surface area (Å²) < 4.78 is 11.7. The predicted octanol–water partition coefficient (Wildman–Crippen LogP) is 13.8. The van der Waals surface area contributed by atoms with Crippen molar-refractivity contribution in [1.29, 1.82) is 0 Å². The summed E-state index contributed by atoms with van der Waals surface area (Å²) >= 11 is 3.71. The van der Waals surface area contributed by atoms with Crippen LogP contribution < -0.4 is 0 Å². The molecule has 4 heterocycles. The monoisotopic (exact) mass is 686 g/mol. The molecule has 0 spiro atoms. The van der Waals surface area contributed by atoms with Gasteiger partial charge in [0.05, 0.1) is 11.9 Å². The van der Waals surface area contributed by atoms with Crippen molar-refractivity contribution in [3.05, 3.63) is 158 Å². The molecular weight excluding hydrogens is 661 g/mol. The summed E-state index contributed by atoms with van der Waals surface area (Å²) in [6.07, 6.45) is 1.86. The molecule has 0 aliphatic rings. The van der Waals surface area contributed by atoms with E-state index in [2.05, 4.69) is 152 Å². The lowest BCUT2D eigenvalue weighted by Gasteiger charge is -2.07. The molecule has 238 valence electrons. The molecule has 51 heavy (non-hydrogen) atoms. The fourth-order valence-electron chi connectivity index (χ4n) is 7.51. The summed E-state index contributed by atoms with van der Waals surface area (Å²) in [4.78, 5) is 9.87. The SMILES string of the molecule is c1cc(-c2ccc3c(c2)oc2nc(-c4cccc(-c5cccc6c5sc5ccccc56)c4)cnc23)cc(-c2cccc3c2sc2ccccc23)c1. The summed E-state index contributed by atoms with van der Waals surface area (Å²) in [5.74, 6) is 0. The van der Waals surface area contributed by atoms with E-state index < -0.39 is 0 Å². The molecule has 0 saturated heterocycles. The number of rotatable bonds is 4. The van der Waals surface area contributed by atoms with E-state index in [9.17, 15) is 0 Å². The van der Waals surface area contributed by atoms with E-state index in [1.807, 2.05) is 28.9 Å². The van der Waals surface area contributed by atoms with E-state index in [1.165, 1.54) is 57.0 Å². The second-order valence-corrected chi connectivity index (χ2v) is 15.0. The quantitative estimate of drug-likeness (QED) is 0.185. The molecule has 3 nitrogen and oxygen atoms in total. The summed E-state index contributed by atoms with van der Waals surface area (Å²) in [5.41, 5.74) is 11.0. The van der Waals surface area contributed by atoms with Crippen LogP contribution in [0.3, 0.4) is 0 Å². The molecule has 0 radical (unpaired) electrons. The minimum Gasteiger partial charge on any atom is -0.436 e. The fraction of sp³-hybridized carbons (Fsp3) is 0. The van der Waals surface area contributed by atoms with Gasteiger partial charge in [-0.05, 0) is 69.8 Å². The topological polar surface area (TPSA) is 38.9 Å². The maximum absolute atomic E-state index is 6.42. The second-order valence-electron chi connectivity index (χ2n) is 12.9. The fourth-order valence-corrected chi connectivity index (χ4v) is 9.99. The number of fused-ring (bicyclic) bond motifs is 9. The highest BCUT2D eigenvalue weighted by atomic mass is 32.1. The summed E-state index contributed by atoms with van der Waals surface area (Å²) in [6.45, 7) is 0. The van der Waals surface area contributed by atoms with Crippen LogP contribution >= 0.6 is 22.7 Å². The van der Waals surface area contributed by atoms with Crippen LogP contribution in [0.25, 0.3) is 107 Å². The Morgan fingerprint density at radius 2 is 0.980 bits per heavy atom. The number of thiophene rings is 2. The lowest BCUT2D eigenvalue weighted by molar-refractivity contribution is 0.653. The average Bonchev–Trinajstić information content (AvgIpc) is 3.88. The van der Waals surface area contributed by atoms with Gasteiger partial charge in [0.25, 0.3) is 0 Å². The van der Waals surface area contributed by atoms with Gasteiger partial charge in [0, 0.05) is 51.3 Å². The van der Waals surface area contributed by atoms with Crippen molar-refractivity contribution in [2.75, 3.05) is 0 Å². The molecule has 4 aromatic heterocycles. The van der Waals surface area contributed by atoms with Crippen LogP contribution in [-0.4, -0.2) is 9.97 Å². The largest absolute Gasteiger partial charge is 0.436 e. The summed E-state index contributed by atoms with van der Waals surface area (Å²) in [5, 5.41) is 6.18. The van der Waals surface area contributed by atoms with Crippen LogP contribution in [0.15, 0.2) is 162 Å². The Bertz CT molecular complexity index is 2950. The molecule has 0 saturated carbocycles. The normalized spacial score (nSPS) is 11.9. The van der Waals surface area contributed by atoms with Crippen molar-refractivity contribution < 1.29 is 4.42 Å². The van der Waals surface area contributed by atoms with Crippen LogP contribution in [0.4, 0.5) is 0 Å². The van der Waals surface area contributed by atoms with Gasteiger partial charge in [0.2, 0.25) is 5.71 Å². The highest BCUT2D eigenvalue weighted by Crippen LogP contribution is 2.42. The van der Waals surface area contributed by atoms with E-state index in [1.54, 1.807) is 0 Å². The third-order valence-electron chi connectivity index (χ3n) is 9.97. The lowest BCUT2D eigenvalue weighted by atomic mass is 9.97. The molecule has 5 heteroatoms.